The minimum absolute atomic E-state index is 0.0140. The molecule has 88 valence electrons. The maximum atomic E-state index is 11.2. The predicted molar refractivity (Wildman–Crippen MR) is 60.7 cm³/mol. The number of carbonyl (C=O) groups excluding carboxylic acids is 1. The Morgan fingerprint density at radius 2 is 2.24 bits per heavy atom. The molecule has 0 amide bonds. The van der Waals surface area contributed by atoms with E-state index in [1.54, 1.807) is 13.0 Å². The average Bonchev–Trinajstić information content (AvgIpc) is 2.76. The van der Waals surface area contributed by atoms with Crippen LogP contribution in [0.15, 0.2) is 17.0 Å². The Balaban J connectivity index is 2.40. The SMILES string of the molecule is COC(=O)c1ncn(-c2cc(Br)nc(C)n2)n1. The molecule has 2 aromatic rings. The number of nitrogens with zero attached hydrogens (tertiary/aromatic N) is 5. The number of ether oxygens (including phenoxy) is 1. The summed E-state index contributed by atoms with van der Waals surface area (Å²) in [6.45, 7) is 1.76. The highest BCUT2D eigenvalue weighted by atomic mass is 79.9. The van der Waals surface area contributed by atoms with Crippen LogP contribution < -0.4 is 0 Å². The van der Waals surface area contributed by atoms with Gasteiger partial charge >= 0.3 is 5.97 Å². The van der Waals surface area contributed by atoms with E-state index in [0.717, 1.165) is 0 Å². The van der Waals surface area contributed by atoms with Crippen LogP contribution in [0.2, 0.25) is 0 Å². The molecule has 0 fully saturated rings. The number of esters is 1. The van der Waals surface area contributed by atoms with E-state index in [1.807, 2.05) is 0 Å². The molecule has 0 aliphatic heterocycles. The highest BCUT2D eigenvalue weighted by molar-refractivity contribution is 9.10. The molecule has 0 aromatic carbocycles. The van der Waals surface area contributed by atoms with Crippen molar-refractivity contribution in [2.24, 2.45) is 0 Å². The zero-order valence-corrected chi connectivity index (χ0v) is 10.7. The van der Waals surface area contributed by atoms with Crippen LogP contribution >= 0.6 is 15.9 Å². The molecule has 2 heterocycles. The first-order chi connectivity index (χ1) is 8.10. The van der Waals surface area contributed by atoms with E-state index in [0.29, 0.717) is 16.2 Å². The van der Waals surface area contributed by atoms with Crippen LogP contribution in [0.3, 0.4) is 0 Å². The molecule has 2 rings (SSSR count). The third-order valence-electron chi connectivity index (χ3n) is 1.89. The standard InChI is InChI=1S/C9H8BrN5O2/c1-5-12-6(10)3-7(13-5)15-4-11-8(14-15)9(16)17-2/h3-4H,1-2H3. The van der Waals surface area contributed by atoms with Crippen molar-refractivity contribution < 1.29 is 9.53 Å². The van der Waals surface area contributed by atoms with Gasteiger partial charge in [-0.15, -0.1) is 5.10 Å². The lowest BCUT2D eigenvalue weighted by molar-refractivity contribution is 0.0587. The van der Waals surface area contributed by atoms with Gasteiger partial charge in [0.1, 0.15) is 16.8 Å². The first kappa shape index (κ1) is 11.6. The number of carbonyl (C=O) groups is 1. The van der Waals surface area contributed by atoms with Crippen LogP contribution in [0.5, 0.6) is 0 Å². The molecule has 0 aliphatic carbocycles. The predicted octanol–water partition coefficient (Wildman–Crippen LogP) is 0.915. The van der Waals surface area contributed by atoms with Gasteiger partial charge in [-0.05, 0) is 22.9 Å². The van der Waals surface area contributed by atoms with Crippen LogP contribution in [0.4, 0.5) is 0 Å². The summed E-state index contributed by atoms with van der Waals surface area (Å²) in [6.07, 6.45) is 1.39. The van der Waals surface area contributed by atoms with Gasteiger partial charge in [-0.3, -0.25) is 0 Å². The number of halogens is 1. The third kappa shape index (κ3) is 2.47. The van der Waals surface area contributed by atoms with E-state index in [9.17, 15) is 4.79 Å². The first-order valence-electron chi connectivity index (χ1n) is 4.61. The van der Waals surface area contributed by atoms with Crippen LogP contribution in [0, 0.1) is 6.92 Å². The van der Waals surface area contributed by atoms with E-state index < -0.39 is 5.97 Å². The van der Waals surface area contributed by atoms with Crippen molar-refractivity contribution in [3.05, 3.63) is 28.6 Å². The lowest BCUT2D eigenvalue weighted by Gasteiger charge is -2.00. The van der Waals surface area contributed by atoms with Gasteiger partial charge in [0.25, 0.3) is 5.82 Å². The zero-order valence-electron chi connectivity index (χ0n) is 9.09. The summed E-state index contributed by atoms with van der Waals surface area (Å²) in [5.74, 6) is 0.505. The molecular weight excluding hydrogens is 290 g/mol. The fourth-order valence-electron chi connectivity index (χ4n) is 1.19. The van der Waals surface area contributed by atoms with Crippen molar-refractivity contribution in [3.63, 3.8) is 0 Å². The van der Waals surface area contributed by atoms with Crippen molar-refractivity contribution in [3.8, 4) is 5.82 Å². The molecule has 0 N–H and O–H groups in total. The summed E-state index contributed by atoms with van der Waals surface area (Å²) >= 11 is 3.26. The van der Waals surface area contributed by atoms with Crippen molar-refractivity contribution in [1.29, 1.82) is 0 Å². The molecule has 17 heavy (non-hydrogen) atoms. The van der Waals surface area contributed by atoms with Gasteiger partial charge in [0, 0.05) is 6.07 Å². The summed E-state index contributed by atoms with van der Waals surface area (Å²) in [7, 11) is 1.27. The second kappa shape index (κ2) is 4.58. The normalized spacial score (nSPS) is 10.3. The minimum Gasteiger partial charge on any atom is -0.463 e. The molecular formula is C9H8BrN5O2. The quantitative estimate of drug-likeness (QED) is 0.605. The molecule has 0 atom stereocenters. The summed E-state index contributed by atoms with van der Waals surface area (Å²) in [6, 6.07) is 1.67. The second-order valence-corrected chi connectivity index (χ2v) is 3.91. The Morgan fingerprint density at radius 1 is 1.47 bits per heavy atom. The van der Waals surface area contributed by atoms with Crippen LogP contribution in [0.25, 0.3) is 5.82 Å². The van der Waals surface area contributed by atoms with E-state index in [4.69, 9.17) is 0 Å². The topological polar surface area (TPSA) is 82.8 Å². The Hall–Kier alpha value is -1.83. The fraction of sp³-hybridized carbons (Fsp3) is 0.222. The molecule has 7 nitrogen and oxygen atoms in total. The number of hydrogen-bond donors (Lipinski definition) is 0. The van der Waals surface area contributed by atoms with Crippen LogP contribution in [0.1, 0.15) is 16.4 Å². The van der Waals surface area contributed by atoms with Gasteiger partial charge in [0.15, 0.2) is 5.82 Å². The maximum Gasteiger partial charge on any atom is 0.377 e. The van der Waals surface area contributed by atoms with Crippen molar-refractivity contribution in [2.75, 3.05) is 7.11 Å². The van der Waals surface area contributed by atoms with E-state index in [2.05, 4.69) is 40.7 Å². The summed E-state index contributed by atoms with van der Waals surface area (Å²) in [5.41, 5.74) is 0. The molecule has 8 heteroatoms. The van der Waals surface area contributed by atoms with E-state index >= 15 is 0 Å². The summed E-state index contributed by atoms with van der Waals surface area (Å²) < 4.78 is 6.53. The monoisotopic (exact) mass is 297 g/mol. The fourth-order valence-corrected chi connectivity index (χ4v) is 1.65. The van der Waals surface area contributed by atoms with E-state index in [-0.39, 0.29) is 5.82 Å². The molecule has 0 radical (unpaired) electrons. The van der Waals surface area contributed by atoms with E-state index in [1.165, 1.54) is 18.1 Å². The number of methoxy groups -OCH3 is 1. The molecule has 0 saturated carbocycles. The van der Waals surface area contributed by atoms with Crippen molar-refractivity contribution >= 4 is 21.9 Å². The number of aryl methyl sites for hydroxylation is 1. The number of aromatic nitrogens is 5. The third-order valence-corrected chi connectivity index (χ3v) is 2.29. The molecule has 0 spiro atoms. The molecule has 0 aliphatic rings. The van der Waals surface area contributed by atoms with Crippen LogP contribution in [-0.4, -0.2) is 37.8 Å². The minimum atomic E-state index is -0.589. The van der Waals surface area contributed by atoms with Gasteiger partial charge in [-0.2, -0.15) is 0 Å². The van der Waals surface area contributed by atoms with Gasteiger partial charge in [-0.25, -0.2) is 24.4 Å². The van der Waals surface area contributed by atoms with Gasteiger partial charge in [0.2, 0.25) is 0 Å². The largest absolute Gasteiger partial charge is 0.463 e. The maximum absolute atomic E-state index is 11.2. The summed E-state index contributed by atoms with van der Waals surface area (Å²) in [5, 5.41) is 3.95. The van der Waals surface area contributed by atoms with Crippen LogP contribution in [-0.2, 0) is 4.74 Å². The van der Waals surface area contributed by atoms with Gasteiger partial charge < -0.3 is 4.74 Å². The first-order valence-corrected chi connectivity index (χ1v) is 5.41. The van der Waals surface area contributed by atoms with Crippen molar-refractivity contribution in [1.82, 2.24) is 24.7 Å². The van der Waals surface area contributed by atoms with Gasteiger partial charge in [0.05, 0.1) is 7.11 Å². The molecule has 0 saturated heterocycles. The smallest absolute Gasteiger partial charge is 0.377 e. The Morgan fingerprint density at radius 3 is 2.88 bits per heavy atom. The number of rotatable bonds is 2. The number of hydrogen-bond acceptors (Lipinski definition) is 6. The molecule has 0 unspecified atom stereocenters. The Kier molecular flexibility index (Phi) is 3.14. The van der Waals surface area contributed by atoms with Gasteiger partial charge in [-0.1, -0.05) is 0 Å². The Bertz CT molecular complexity index is 548. The molecule has 0 bridgehead atoms. The zero-order chi connectivity index (χ0) is 12.4. The lowest BCUT2D eigenvalue weighted by Crippen LogP contribution is -2.06. The highest BCUT2D eigenvalue weighted by Gasteiger charge is 2.12. The second-order valence-electron chi connectivity index (χ2n) is 3.10. The summed E-state index contributed by atoms with van der Waals surface area (Å²) in [4.78, 5) is 23.3. The highest BCUT2D eigenvalue weighted by Crippen LogP contribution is 2.11. The average molecular weight is 298 g/mol. The lowest BCUT2D eigenvalue weighted by atomic mass is 10.5. The Labute approximate surface area is 105 Å². The van der Waals surface area contributed by atoms with Crippen molar-refractivity contribution in [2.45, 2.75) is 6.92 Å². The molecule has 2 aromatic heterocycles.